The monoisotopic (exact) mass is 184 g/mol. The van der Waals surface area contributed by atoms with Gasteiger partial charge in [-0.2, -0.15) is 0 Å². The van der Waals surface area contributed by atoms with Gasteiger partial charge in [0.25, 0.3) is 0 Å². The number of hydrogen-bond acceptors (Lipinski definition) is 3. The zero-order valence-electron chi connectivity index (χ0n) is 7.95. The van der Waals surface area contributed by atoms with Crippen LogP contribution in [0.5, 0.6) is 0 Å². The summed E-state index contributed by atoms with van der Waals surface area (Å²) >= 11 is 1.84. The average Bonchev–Trinajstić information content (AvgIpc) is 2.55. The smallest absolute Gasteiger partial charge is 0.0545 e. The van der Waals surface area contributed by atoms with Gasteiger partial charge in [0.2, 0.25) is 0 Å². The number of aliphatic imine (C=N–C) groups is 1. The highest BCUT2D eigenvalue weighted by atomic mass is 32.2. The van der Waals surface area contributed by atoms with E-state index in [1.807, 2.05) is 17.3 Å². The lowest BCUT2D eigenvalue weighted by Crippen LogP contribution is -2.26. The van der Waals surface area contributed by atoms with E-state index >= 15 is 0 Å². The zero-order chi connectivity index (χ0) is 8.97. The summed E-state index contributed by atoms with van der Waals surface area (Å²) in [6.07, 6.45) is 2.14. The Kier molecular flexibility index (Phi) is 3.66. The maximum absolute atomic E-state index is 4.19. The van der Waals surface area contributed by atoms with Crippen molar-refractivity contribution in [3.05, 3.63) is 11.8 Å². The van der Waals surface area contributed by atoms with Gasteiger partial charge < -0.3 is 4.90 Å². The topological polar surface area (TPSA) is 15.6 Å². The lowest BCUT2D eigenvalue weighted by Gasteiger charge is -2.22. The van der Waals surface area contributed by atoms with Crippen LogP contribution in [0.1, 0.15) is 13.8 Å². The van der Waals surface area contributed by atoms with Crippen LogP contribution in [0.25, 0.3) is 0 Å². The van der Waals surface area contributed by atoms with Gasteiger partial charge in [0.05, 0.1) is 12.1 Å². The van der Waals surface area contributed by atoms with E-state index in [9.17, 15) is 0 Å². The van der Waals surface area contributed by atoms with Gasteiger partial charge in [0.15, 0.2) is 0 Å². The molecular formula is C9H16N2S. The van der Waals surface area contributed by atoms with Gasteiger partial charge in [0.1, 0.15) is 0 Å². The lowest BCUT2D eigenvalue weighted by atomic mass is 10.3. The van der Waals surface area contributed by atoms with Gasteiger partial charge in [0, 0.05) is 24.5 Å². The third-order valence-corrected chi connectivity index (χ3v) is 3.09. The molecule has 0 N–H and O–H groups in total. The second-order valence-electron chi connectivity index (χ2n) is 3.04. The Labute approximate surface area is 78.7 Å². The molecule has 0 amide bonds. The van der Waals surface area contributed by atoms with Crippen LogP contribution < -0.4 is 0 Å². The molecule has 0 aromatic heterocycles. The van der Waals surface area contributed by atoms with Crippen LogP contribution in [0.15, 0.2) is 16.8 Å². The minimum atomic E-state index is 0.657. The summed E-state index contributed by atoms with van der Waals surface area (Å²) in [5.41, 5.74) is 3.30. The number of allylic oxidation sites excluding steroid dienone is 2. The van der Waals surface area contributed by atoms with Crippen LogP contribution in [-0.4, -0.2) is 35.8 Å². The molecule has 1 aliphatic rings. The van der Waals surface area contributed by atoms with E-state index in [0.717, 1.165) is 13.1 Å². The number of thioether (sulfide) groups is 1. The molecule has 3 heteroatoms. The third-order valence-electron chi connectivity index (χ3n) is 2.13. The molecule has 1 aliphatic heterocycles. The van der Waals surface area contributed by atoms with Gasteiger partial charge in [-0.05, 0) is 13.8 Å². The number of nitrogens with zero attached hydrogens (tertiary/aromatic N) is 2. The molecule has 1 heterocycles. The predicted molar refractivity (Wildman–Crippen MR) is 56.8 cm³/mol. The SMILES string of the molecule is C/C=C(\C)N(C)CC1CN=CS1. The van der Waals surface area contributed by atoms with E-state index in [-0.39, 0.29) is 0 Å². The second kappa shape index (κ2) is 4.55. The summed E-state index contributed by atoms with van der Waals surface area (Å²) < 4.78 is 0. The van der Waals surface area contributed by atoms with Crippen LogP contribution in [0.4, 0.5) is 0 Å². The van der Waals surface area contributed by atoms with Crippen molar-refractivity contribution < 1.29 is 0 Å². The van der Waals surface area contributed by atoms with E-state index in [2.05, 4.69) is 36.9 Å². The van der Waals surface area contributed by atoms with Crippen molar-refractivity contribution in [1.29, 1.82) is 0 Å². The second-order valence-corrected chi connectivity index (χ2v) is 4.19. The summed E-state index contributed by atoms with van der Waals surface area (Å²) in [7, 11) is 2.13. The normalized spacial score (nSPS) is 23.2. The first kappa shape index (κ1) is 9.65. The summed E-state index contributed by atoms with van der Waals surface area (Å²) in [5.74, 6) is 0. The molecule has 1 unspecified atom stereocenters. The summed E-state index contributed by atoms with van der Waals surface area (Å²) in [5, 5.41) is 0.657. The van der Waals surface area contributed by atoms with Crippen molar-refractivity contribution in [2.45, 2.75) is 19.1 Å². The maximum Gasteiger partial charge on any atom is 0.0545 e. The molecule has 0 spiro atoms. The molecule has 0 fully saturated rings. The Morgan fingerprint density at radius 1 is 1.83 bits per heavy atom. The average molecular weight is 184 g/mol. The number of rotatable bonds is 3. The predicted octanol–water partition coefficient (Wildman–Crippen LogP) is 1.99. The number of hydrogen-bond donors (Lipinski definition) is 0. The zero-order valence-corrected chi connectivity index (χ0v) is 8.77. The van der Waals surface area contributed by atoms with Crippen LogP contribution in [0.3, 0.4) is 0 Å². The van der Waals surface area contributed by atoms with Gasteiger partial charge in [-0.1, -0.05) is 6.08 Å². The third kappa shape index (κ3) is 2.55. The molecule has 12 heavy (non-hydrogen) atoms. The largest absolute Gasteiger partial charge is 0.377 e. The molecule has 1 atom stereocenters. The van der Waals surface area contributed by atoms with E-state index in [4.69, 9.17) is 0 Å². The Balaban J connectivity index is 2.31. The molecule has 0 saturated carbocycles. The highest BCUT2D eigenvalue weighted by Crippen LogP contribution is 2.16. The van der Waals surface area contributed by atoms with Gasteiger partial charge in [-0.25, -0.2) is 0 Å². The molecule has 0 radical (unpaired) electrons. The first-order valence-corrected chi connectivity index (χ1v) is 5.16. The van der Waals surface area contributed by atoms with E-state index in [0.29, 0.717) is 5.25 Å². The first-order valence-electron chi connectivity index (χ1n) is 4.22. The quantitative estimate of drug-likeness (QED) is 0.666. The Bertz CT molecular complexity index is 191. The highest BCUT2D eigenvalue weighted by Gasteiger charge is 2.14. The lowest BCUT2D eigenvalue weighted by molar-refractivity contribution is 0.419. The summed E-state index contributed by atoms with van der Waals surface area (Å²) in [6.45, 7) is 6.29. The van der Waals surface area contributed by atoms with E-state index in [1.165, 1.54) is 5.70 Å². The van der Waals surface area contributed by atoms with E-state index in [1.54, 1.807) is 0 Å². The minimum Gasteiger partial charge on any atom is -0.377 e. The molecule has 0 aromatic carbocycles. The summed E-state index contributed by atoms with van der Waals surface area (Å²) in [6, 6.07) is 0. The highest BCUT2D eigenvalue weighted by molar-refractivity contribution is 8.12. The molecule has 1 rings (SSSR count). The molecule has 0 saturated heterocycles. The molecule has 0 aliphatic carbocycles. The van der Waals surface area contributed by atoms with Gasteiger partial charge in [-0.3, -0.25) is 4.99 Å². The van der Waals surface area contributed by atoms with Crippen molar-refractivity contribution in [3.8, 4) is 0 Å². The fraction of sp³-hybridized carbons (Fsp3) is 0.667. The van der Waals surface area contributed by atoms with Crippen LogP contribution in [-0.2, 0) is 0 Å². The fourth-order valence-corrected chi connectivity index (χ4v) is 1.93. The Hall–Kier alpha value is -0.440. The van der Waals surface area contributed by atoms with Gasteiger partial charge >= 0.3 is 0 Å². The molecule has 2 nitrogen and oxygen atoms in total. The van der Waals surface area contributed by atoms with Crippen molar-refractivity contribution in [1.82, 2.24) is 4.90 Å². The molecule has 0 aromatic rings. The Morgan fingerprint density at radius 3 is 3.08 bits per heavy atom. The minimum absolute atomic E-state index is 0.657. The van der Waals surface area contributed by atoms with Crippen LogP contribution in [0.2, 0.25) is 0 Å². The maximum atomic E-state index is 4.19. The Morgan fingerprint density at radius 2 is 2.58 bits per heavy atom. The van der Waals surface area contributed by atoms with Crippen molar-refractivity contribution in [3.63, 3.8) is 0 Å². The van der Waals surface area contributed by atoms with Crippen LogP contribution >= 0.6 is 11.8 Å². The molecular weight excluding hydrogens is 168 g/mol. The van der Waals surface area contributed by atoms with Crippen LogP contribution in [0, 0.1) is 0 Å². The van der Waals surface area contributed by atoms with E-state index < -0.39 is 0 Å². The summed E-state index contributed by atoms with van der Waals surface area (Å²) in [4.78, 5) is 6.48. The fourth-order valence-electron chi connectivity index (χ4n) is 1.10. The van der Waals surface area contributed by atoms with Gasteiger partial charge in [-0.15, -0.1) is 11.8 Å². The standard InChI is InChI=1S/C9H16N2S/c1-4-8(2)11(3)6-9-5-10-7-12-9/h4,7,9H,5-6H2,1-3H3/b8-4+. The van der Waals surface area contributed by atoms with Crippen molar-refractivity contribution in [2.24, 2.45) is 4.99 Å². The van der Waals surface area contributed by atoms with Crippen molar-refractivity contribution >= 4 is 17.3 Å². The molecule has 68 valence electrons. The first-order chi connectivity index (χ1) is 5.74. The molecule has 0 bridgehead atoms. The van der Waals surface area contributed by atoms with Crippen molar-refractivity contribution in [2.75, 3.05) is 20.1 Å².